The topological polar surface area (TPSA) is 26.3 Å². The Labute approximate surface area is 83.2 Å². The van der Waals surface area contributed by atoms with Crippen LogP contribution in [0.15, 0.2) is 30.9 Å². The molecule has 2 heteroatoms. The highest BCUT2D eigenvalue weighted by atomic mass is 16.5. The molecule has 0 atom stereocenters. The molecule has 0 heterocycles. The van der Waals surface area contributed by atoms with Gasteiger partial charge < -0.3 is 4.74 Å². The van der Waals surface area contributed by atoms with Crippen molar-refractivity contribution in [2.45, 2.75) is 12.8 Å². The van der Waals surface area contributed by atoms with Crippen LogP contribution in [0.25, 0.3) is 0 Å². The maximum Gasteiger partial charge on any atom is 0.163 e. The largest absolute Gasteiger partial charge is 0.489 e. The molecule has 0 amide bonds. The van der Waals surface area contributed by atoms with E-state index in [9.17, 15) is 4.79 Å². The zero-order valence-electron chi connectivity index (χ0n) is 7.95. The smallest absolute Gasteiger partial charge is 0.163 e. The summed E-state index contributed by atoms with van der Waals surface area (Å²) in [6, 6.07) is 5.63. The van der Waals surface area contributed by atoms with Crippen molar-refractivity contribution in [3.05, 3.63) is 42.0 Å². The van der Waals surface area contributed by atoms with Crippen molar-refractivity contribution in [2.24, 2.45) is 0 Å². The number of ether oxygens (including phenoxy) is 1. The van der Waals surface area contributed by atoms with Gasteiger partial charge in [0.2, 0.25) is 0 Å². The van der Waals surface area contributed by atoms with Crippen molar-refractivity contribution in [1.82, 2.24) is 0 Å². The Morgan fingerprint density at radius 3 is 3.07 bits per heavy atom. The Kier molecular flexibility index (Phi) is 2.35. The summed E-state index contributed by atoms with van der Waals surface area (Å²) < 4.78 is 5.48. The third-order valence-electron chi connectivity index (χ3n) is 2.39. The van der Waals surface area contributed by atoms with Crippen LogP contribution in [0, 0.1) is 0 Å². The van der Waals surface area contributed by atoms with Gasteiger partial charge in [0, 0.05) is 17.5 Å². The van der Waals surface area contributed by atoms with Crippen LogP contribution in [-0.2, 0) is 6.42 Å². The van der Waals surface area contributed by atoms with Gasteiger partial charge in [0.1, 0.15) is 12.4 Å². The fourth-order valence-corrected chi connectivity index (χ4v) is 1.74. The molecule has 0 saturated carbocycles. The predicted octanol–water partition coefficient (Wildman–Crippen LogP) is 2.38. The lowest BCUT2D eigenvalue weighted by Crippen LogP contribution is -1.97. The Hall–Kier alpha value is -1.57. The molecular weight excluding hydrogens is 176 g/mol. The van der Waals surface area contributed by atoms with Crippen LogP contribution in [0.3, 0.4) is 0 Å². The van der Waals surface area contributed by atoms with E-state index in [1.807, 2.05) is 18.2 Å². The van der Waals surface area contributed by atoms with E-state index in [0.29, 0.717) is 13.0 Å². The molecule has 0 bridgehead atoms. The molecule has 2 nitrogen and oxygen atoms in total. The van der Waals surface area contributed by atoms with Crippen LogP contribution in [-0.4, -0.2) is 12.4 Å². The van der Waals surface area contributed by atoms with Crippen LogP contribution in [0.2, 0.25) is 0 Å². The Bertz CT molecular complexity index is 380. The normalized spacial score (nSPS) is 13.9. The van der Waals surface area contributed by atoms with E-state index in [1.165, 1.54) is 0 Å². The first-order chi connectivity index (χ1) is 6.83. The first-order valence-corrected chi connectivity index (χ1v) is 4.71. The fraction of sp³-hybridized carbons (Fsp3) is 0.250. The summed E-state index contributed by atoms with van der Waals surface area (Å²) in [6.07, 6.45) is 3.13. The van der Waals surface area contributed by atoms with E-state index in [-0.39, 0.29) is 5.78 Å². The van der Waals surface area contributed by atoms with Crippen molar-refractivity contribution < 1.29 is 9.53 Å². The van der Waals surface area contributed by atoms with Gasteiger partial charge in [0.15, 0.2) is 5.78 Å². The number of fused-ring (bicyclic) bond motifs is 1. The summed E-state index contributed by atoms with van der Waals surface area (Å²) in [7, 11) is 0. The number of hydrogen-bond acceptors (Lipinski definition) is 2. The van der Waals surface area contributed by atoms with Crippen LogP contribution in [0.5, 0.6) is 5.75 Å². The molecule has 1 aromatic rings. The zero-order valence-corrected chi connectivity index (χ0v) is 7.95. The van der Waals surface area contributed by atoms with Crippen molar-refractivity contribution in [3.8, 4) is 5.75 Å². The Morgan fingerprint density at radius 1 is 1.43 bits per heavy atom. The quantitative estimate of drug-likeness (QED) is 0.681. The lowest BCUT2D eigenvalue weighted by atomic mass is 10.1. The Balaban J connectivity index is 2.33. The molecule has 0 aliphatic heterocycles. The van der Waals surface area contributed by atoms with Crippen LogP contribution in [0.1, 0.15) is 22.3 Å². The van der Waals surface area contributed by atoms with Gasteiger partial charge in [-0.3, -0.25) is 4.79 Å². The molecule has 14 heavy (non-hydrogen) atoms. The number of ketones is 1. The lowest BCUT2D eigenvalue weighted by Gasteiger charge is -2.07. The van der Waals surface area contributed by atoms with Gasteiger partial charge in [-0.25, -0.2) is 0 Å². The van der Waals surface area contributed by atoms with Gasteiger partial charge in [-0.05, 0) is 12.5 Å². The van der Waals surface area contributed by atoms with Crippen molar-refractivity contribution in [3.63, 3.8) is 0 Å². The second-order valence-electron chi connectivity index (χ2n) is 3.31. The molecule has 1 aliphatic rings. The molecule has 0 unspecified atom stereocenters. The standard InChI is InChI=1S/C12H12O2/c1-2-8-14-12-5-3-4-9-10(12)6-7-11(9)13/h2-5H,1,6-8H2. The third-order valence-corrected chi connectivity index (χ3v) is 2.39. The average molecular weight is 188 g/mol. The molecule has 2 rings (SSSR count). The highest BCUT2D eigenvalue weighted by molar-refractivity contribution is 6.01. The van der Waals surface area contributed by atoms with E-state index >= 15 is 0 Å². The predicted molar refractivity (Wildman–Crippen MR) is 54.8 cm³/mol. The lowest BCUT2D eigenvalue weighted by molar-refractivity contribution is 0.0994. The fourth-order valence-electron chi connectivity index (χ4n) is 1.74. The maximum atomic E-state index is 11.4. The number of carbonyl (C=O) groups is 1. The van der Waals surface area contributed by atoms with Gasteiger partial charge in [0.05, 0.1) is 0 Å². The summed E-state index contributed by atoms with van der Waals surface area (Å²) in [6.45, 7) is 4.08. The van der Waals surface area contributed by atoms with E-state index in [4.69, 9.17) is 4.74 Å². The average Bonchev–Trinajstić information content (AvgIpc) is 2.58. The van der Waals surface area contributed by atoms with Gasteiger partial charge in [-0.15, -0.1) is 0 Å². The summed E-state index contributed by atoms with van der Waals surface area (Å²) in [4.78, 5) is 11.4. The number of Topliss-reactive ketones (excluding diaryl/α,β-unsaturated/α-hetero) is 1. The second-order valence-corrected chi connectivity index (χ2v) is 3.31. The first kappa shape index (κ1) is 9.00. The zero-order chi connectivity index (χ0) is 9.97. The highest BCUT2D eigenvalue weighted by Crippen LogP contribution is 2.30. The van der Waals surface area contributed by atoms with Gasteiger partial charge >= 0.3 is 0 Å². The monoisotopic (exact) mass is 188 g/mol. The van der Waals surface area contributed by atoms with Gasteiger partial charge in [-0.2, -0.15) is 0 Å². The van der Waals surface area contributed by atoms with Crippen molar-refractivity contribution >= 4 is 5.78 Å². The summed E-state index contributed by atoms with van der Waals surface area (Å²) >= 11 is 0. The van der Waals surface area contributed by atoms with Crippen molar-refractivity contribution in [1.29, 1.82) is 0 Å². The SMILES string of the molecule is C=CCOc1cccc2c1CCC2=O. The van der Waals surface area contributed by atoms with E-state index in [2.05, 4.69) is 6.58 Å². The summed E-state index contributed by atoms with van der Waals surface area (Å²) in [5, 5.41) is 0. The van der Waals surface area contributed by atoms with E-state index in [0.717, 1.165) is 23.3 Å². The number of carbonyl (C=O) groups excluding carboxylic acids is 1. The minimum Gasteiger partial charge on any atom is -0.489 e. The molecule has 0 radical (unpaired) electrons. The molecule has 0 N–H and O–H groups in total. The first-order valence-electron chi connectivity index (χ1n) is 4.71. The third kappa shape index (κ3) is 1.43. The van der Waals surface area contributed by atoms with Crippen LogP contribution in [0.4, 0.5) is 0 Å². The molecular formula is C12H12O2. The van der Waals surface area contributed by atoms with E-state index < -0.39 is 0 Å². The van der Waals surface area contributed by atoms with Gasteiger partial charge in [0.25, 0.3) is 0 Å². The number of hydrogen-bond donors (Lipinski definition) is 0. The molecule has 0 fully saturated rings. The van der Waals surface area contributed by atoms with Crippen LogP contribution >= 0.6 is 0 Å². The minimum atomic E-state index is 0.226. The summed E-state index contributed by atoms with van der Waals surface area (Å²) in [5.41, 5.74) is 1.88. The molecule has 0 spiro atoms. The summed E-state index contributed by atoms with van der Waals surface area (Å²) in [5.74, 6) is 1.05. The molecule has 72 valence electrons. The molecule has 1 aromatic carbocycles. The molecule has 1 aliphatic carbocycles. The highest BCUT2D eigenvalue weighted by Gasteiger charge is 2.22. The molecule has 0 aromatic heterocycles. The number of rotatable bonds is 3. The van der Waals surface area contributed by atoms with Crippen LogP contribution < -0.4 is 4.74 Å². The van der Waals surface area contributed by atoms with Gasteiger partial charge in [-0.1, -0.05) is 24.8 Å². The Morgan fingerprint density at radius 2 is 2.29 bits per heavy atom. The number of benzene rings is 1. The van der Waals surface area contributed by atoms with Crippen molar-refractivity contribution in [2.75, 3.05) is 6.61 Å². The second kappa shape index (κ2) is 3.66. The minimum absolute atomic E-state index is 0.226. The van der Waals surface area contributed by atoms with E-state index in [1.54, 1.807) is 6.08 Å². The maximum absolute atomic E-state index is 11.4. The molecule has 0 saturated heterocycles.